The number of nitrogens with zero attached hydrogens (tertiary/aromatic N) is 2. The minimum Gasteiger partial charge on any atom is -0.393 e. The van der Waals surface area contributed by atoms with Crippen molar-refractivity contribution in [2.75, 3.05) is 13.1 Å². The number of aliphatic hydroxyl groups excluding tert-OH is 1. The molecule has 0 bridgehead atoms. The van der Waals surface area contributed by atoms with Crippen molar-refractivity contribution >= 4 is 17.2 Å². The Morgan fingerprint density at radius 3 is 2.94 bits per heavy atom. The summed E-state index contributed by atoms with van der Waals surface area (Å²) >= 11 is 1.46. The van der Waals surface area contributed by atoms with Crippen LogP contribution < -0.4 is 0 Å². The minimum atomic E-state index is -0.327. The van der Waals surface area contributed by atoms with Gasteiger partial charge in [-0.15, -0.1) is 11.3 Å². The molecule has 2 heterocycles. The Bertz CT molecular complexity index is 454. The molecule has 1 saturated carbocycles. The molecule has 0 radical (unpaired) electrons. The van der Waals surface area contributed by atoms with E-state index in [1.807, 2.05) is 4.90 Å². The molecule has 1 aliphatic carbocycles. The molecule has 0 spiro atoms. The van der Waals surface area contributed by atoms with Gasteiger partial charge in [-0.1, -0.05) is 0 Å². The topological polar surface area (TPSA) is 53.4 Å². The molecule has 1 aromatic heterocycles. The number of carbonyl (C=O) groups excluding carboxylic acids is 1. The molecule has 2 aliphatic rings. The van der Waals surface area contributed by atoms with Gasteiger partial charge in [0.2, 0.25) is 0 Å². The standard InChI is InChI=1S/C13H18N2O2S/c1-8(16)10-4-5-15(6-10)13(17)12-11(9-2-3-9)14-7-18-12/h7-10,16H,2-6H2,1H3. The number of aromatic nitrogens is 1. The molecular weight excluding hydrogens is 248 g/mol. The van der Waals surface area contributed by atoms with Gasteiger partial charge >= 0.3 is 0 Å². The van der Waals surface area contributed by atoms with Crippen molar-refractivity contribution in [3.8, 4) is 0 Å². The van der Waals surface area contributed by atoms with Crippen molar-refractivity contribution in [3.63, 3.8) is 0 Å². The van der Waals surface area contributed by atoms with E-state index in [-0.39, 0.29) is 17.9 Å². The van der Waals surface area contributed by atoms with E-state index in [0.717, 1.165) is 23.5 Å². The molecule has 1 saturated heterocycles. The third-order valence-corrected chi connectivity index (χ3v) is 4.78. The first-order valence-electron chi connectivity index (χ1n) is 6.57. The number of likely N-dealkylation sites (tertiary alicyclic amines) is 1. The van der Waals surface area contributed by atoms with Crippen LogP contribution in [0.1, 0.15) is 47.5 Å². The lowest BCUT2D eigenvalue weighted by Gasteiger charge is -2.17. The van der Waals surface area contributed by atoms with Gasteiger partial charge in [0.25, 0.3) is 5.91 Å². The van der Waals surface area contributed by atoms with Gasteiger partial charge in [-0.3, -0.25) is 4.79 Å². The molecule has 2 atom stereocenters. The maximum Gasteiger partial charge on any atom is 0.265 e. The number of rotatable bonds is 3. The van der Waals surface area contributed by atoms with Crippen LogP contribution in [0.5, 0.6) is 0 Å². The Kier molecular flexibility index (Phi) is 3.11. The lowest BCUT2D eigenvalue weighted by Crippen LogP contribution is -2.30. The number of thiazole rings is 1. The molecule has 18 heavy (non-hydrogen) atoms. The second kappa shape index (κ2) is 4.63. The summed E-state index contributed by atoms with van der Waals surface area (Å²) in [7, 11) is 0. The summed E-state index contributed by atoms with van der Waals surface area (Å²) in [4.78, 5) is 19.5. The molecule has 4 nitrogen and oxygen atoms in total. The number of amides is 1. The molecule has 0 aromatic carbocycles. The minimum absolute atomic E-state index is 0.113. The molecule has 1 amide bonds. The van der Waals surface area contributed by atoms with Crippen LogP contribution in [0, 0.1) is 5.92 Å². The SMILES string of the molecule is CC(O)C1CCN(C(=O)c2scnc2C2CC2)C1. The van der Waals surface area contributed by atoms with Gasteiger partial charge in [0.05, 0.1) is 17.3 Å². The van der Waals surface area contributed by atoms with Crippen LogP contribution in [0.4, 0.5) is 0 Å². The van der Waals surface area contributed by atoms with Crippen LogP contribution in [-0.2, 0) is 0 Å². The van der Waals surface area contributed by atoms with Crippen molar-refractivity contribution in [2.45, 2.75) is 38.2 Å². The lowest BCUT2D eigenvalue weighted by molar-refractivity contribution is 0.0766. The van der Waals surface area contributed by atoms with Crippen LogP contribution >= 0.6 is 11.3 Å². The van der Waals surface area contributed by atoms with Crippen LogP contribution in [0.15, 0.2) is 5.51 Å². The average molecular weight is 266 g/mol. The summed E-state index contributed by atoms with van der Waals surface area (Å²) in [5, 5.41) is 9.59. The first-order chi connectivity index (χ1) is 8.66. The van der Waals surface area contributed by atoms with Crippen molar-refractivity contribution in [1.82, 2.24) is 9.88 Å². The van der Waals surface area contributed by atoms with Gasteiger partial charge in [-0.2, -0.15) is 0 Å². The van der Waals surface area contributed by atoms with Crippen molar-refractivity contribution in [3.05, 3.63) is 16.1 Å². The van der Waals surface area contributed by atoms with E-state index < -0.39 is 0 Å². The van der Waals surface area contributed by atoms with Crippen LogP contribution in [0.3, 0.4) is 0 Å². The van der Waals surface area contributed by atoms with E-state index in [0.29, 0.717) is 12.5 Å². The summed E-state index contributed by atoms with van der Waals surface area (Å²) in [6, 6.07) is 0. The Balaban J connectivity index is 1.73. The molecule has 5 heteroatoms. The van der Waals surface area contributed by atoms with Crippen molar-refractivity contribution < 1.29 is 9.90 Å². The zero-order chi connectivity index (χ0) is 12.7. The third kappa shape index (κ3) is 2.17. The zero-order valence-corrected chi connectivity index (χ0v) is 11.3. The Morgan fingerprint density at radius 2 is 2.33 bits per heavy atom. The molecule has 1 N–H and O–H groups in total. The molecule has 3 rings (SSSR count). The normalized spacial score (nSPS) is 25.4. The fourth-order valence-corrected chi connectivity index (χ4v) is 3.41. The average Bonchev–Trinajstić information content (AvgIpc) is 2.92. The maximum atomic E-state index is 12.4. The van der Waals surface area contributed by atoms with E-state index >= 15 is 0 Å². The van der Waals surface area contributed by atoms with E-state index in [1.165, 1.54) is 24.2 Å². The highest BCUT2D eigenvalue weighted by Crippen LogP contribution is 2.42. The van der Waals surface area contributed by atoms with E-state index in [9.17, 15) is 9.90 Å². The predicted octanol–water partition coefficient (Wildman–Crippen LogP) is 1.86. The van der Waals surface area contributed by atoms with Gasteiger partial charge in [-0.25, -0.2) is 4.98 Å². The smallest absolute Gasteiger partial charge is 0.265 e. The molecule has 2 fully saturated rings. The summed E-state index contributed by atoms with van der Waals surface area (Å²) in [5.74, 6) is 0.860. The fourth-order valence-electron chi connectivity index (χ4n) is 2.57. The third-order valence-electron chi connectivity index (χ3n) is 3.95. The number of aliphatic hydroxyl groups is 1. The quantitative estimate of drug-likeness (QED) is 0.908. The second-order valence-electron chi connectivity index (χ2n) is 5.38. The van der Waals surface area contributed by atoms with Gasteiger partial charge in [0.15, 0.2) is 0 Å². The van der Waals surface area contributed by atoms with E-state index in [4.69, 9.17) is 0 Å². The second-order valence-corrected chi connectivity index (χ2v) is 6.24. The maximum absolute atomic E-state index is 12.4. The molecule has 98 valence electrons. The number of carbonyl (C=O) groups is 1. The first-order valence-corrected chi connectivity index (χ1v) is 7.45. The van der Waals surface area contributed by atoms with Crippen molar-refractivity contribution in [2.24, 2.45) is 5.92 Å². The first kappa shape index (κ1) is 12.1. The van der Waals surface area contributed by atoms with Gasteiger partial charge in [0.1, 0.15) is 4.88 Å². The van der Waals surface area contributed by atoms with Gasteiger partial charge < -0.3 is 10.0 Å². The highest BCUT2D eigenvalue weighted by Gasteiger charge is 2.35. The molecule has 1 aliphatic heterocycles. The lowest BCUT2D eigenvalue weighted by atomic mass is 10.0. The van der Waals surface area contributed by atoms with E-state index in [1.54, 1.807) is 12.4 Å². The largest absolute Gasteiger partial charge is 0.393 e. The van der Waals surface area contributed by atoms with Gasteiger partial charge in [-0.05, 0) is 26.2 Å². The van der Waals surface area contributed by atoms with Crippen LogP contribution in [-0.4, -0.2) is 40.1 Å². The highest BCUT2D eigenvalue weighted by atomic mass is 32.1. The summed E-state index contributed by atoms with van der Waals surface area (Å²) in [6.45, 7) is 3.25. The summed E-state index contributed by atoms with van der Waals surface area (Å²) in [5.41, 5.74) is 2.79. The zero-order valence-electron chi connectivity index (χ0n) is 10.5. The van der Waals surface area contributed by atoms with Crippen LogP contribution in [0.2, 0.25) is 0 Å². The molecular formula is C13H18N2O2S. The Hall–Kier alpha value is -0.940. The van der Waals surface area contributed by atoms with Crippen LogP contribution in [0.25, 0.3) is 0 Å². The van der Waals surface area contributed by atoms with Gasteiger partial charge in [0, 0.05) is 24.9 Å². The monoisotopic (exact) mass is 266 g/mol. The summed E-state index contributed by atoms with van der Waals surface area (Å²) < 4.78 is 0. The predicted molar refractivity (Wildman–Crippen MR) is 69.8 cm³/mol. The molecule has 2 unspecified atom stereocenters. The molecule has 1 aromatic rings. The Morgan fingerprint density at radius 1 is 1.56 bits per heavy atom. The highest BCUT2D eigenvalue weighted by molar-refractivity contribution is 7.11. The Labute approximate surface area is 111 Å². The van der Waals surface area contributed by atoms with Crippen molar-refractivity contribution in [1.29, 1.82) is 0 Å². The summed E-state index contributed by atoms with van der Waals surface area (Å²) in [6.07, 6.45) is 2.91. The number of hydrogen-bond donors (Lipinski definition) is 1. The fraction of sp³-hybridized carbons (Fsp3) is 0.692. The number of hydrogen-bond acceptors (Lipinski definition) is 4. The van der Waals surface area contributed by atoms with E-state index in [2.05, 4.69) is 4.98 Å².